The summed E-state index contributed by atoms with van der Waals surface area (Å²) in [4.78, 5) is 11.7. The van der Waals surface area contributed by atoms with Gasteiger partial charge in [0.1, 0.15) is 5.82 Å². The van der Waals surface area contributed by atoms with E-state index < -0.39 is 0 Å². The molecule has 4 nitrogen and oxygen atoms in total. The Morgan fingerprint density at radius 2 is 2.16 bits per heavy atom. The van der Waals surface area contributed by atoms with Crippen molar-refractivity contribution >= 4 is 5.69 Å². The highest BCUT2D eigenvalue weighted by molar-refractivity contribution is 5.50. The molecule has 1 N–H and O–H groups in total. The van der Waals surface area contributed by atoms with E-state index in [2.05, 4.69) is 42.9 Å². The van der Waals surface area contributed by atoms with E-state index >= 15 is 0 Å². The highest BCUT2D eigenvalue weighted by Gasteiger charge is 2.30. The predicted molar refractivity (Wildman–Crippen MR) is 79.5 cm³/mol. The van der Waals surface area contributed by atoms with Gasteiger partial charge >= 0.3 is 0 Å². The fourth-order valence-corrected chi connectivity index (χ4v) is 2.58. The molecule has 0 unspecified atom stereocenters. The molecule has 0 bridgehead atoms. The lowest BCUT2D eigenvalue weighted by atomic mass is 9.93. The van der Waals surface area contributed by atoms with Crippen molar-refractivity contribution in [2.45, 2.75) is 46.6 Å². The van der Waals surface area contributed by atoms with Crippen molar-refractivity contribution in [1.29, 1.82) is 0 Å². The lowest BCUT2D eigenvalue weighted by Gasteiger charge is -2.23. The summed E-state index contributed by atoms with van der Waals surface area (Å²) in [6.07, 6.45) is 3.24. The molecule has 0 amide bonds. The smallest absolute Gasteiger partial charge is 0.131 e. The summed E-state index contributed by atoms with van der Waals surface area (Å²) in [6.45, 7) is 11.9. The van der Waals surface area contributed by atoms with Crippen LogP contribution in [0.25, 0.3) is 0 Å². The highest BCUT2D eigenvalue weighted by Crippen LogP contribution is 2.33. The topological polar surface area (TPSA) is 41.1 Å². The molecular formula is C15H26N4. The molecule has 106 valence electrons. The van der Waals surface area contributed by atoms with Gasteiger partial charge in [0, 0.05) is 25.6 Å². The van der Waals surface area contributed by atoms with Gasteiger partial charge in [-0.1, -0.05) is 27.7 Å². The van der Waals surface area contributed by atoms with Crippen LogP contribution in [0.2, 0.25) is 0 Å². The molecule has 2 rings (SSSR count). The monoisotopic (exact) mass is 262 g/mol. The maximum absolute atomic E-state index is 4.74. The van der Waals surface area contributed by atoms with Crippen molar-refractivity contribution in [3.05, 3.63) is 17.7 Å². The van der Waals surface area contributed by atoms with E-state index in [0.29, 0.717) is 11.3 Å². The Balaban J connectivity index is 2.29. The Morgan fingerprint density at radius 3 is 2.68 bits per heavy atom. The van der Waals surface area contributed by atoms with E-state index in [9.17, 15) is 0 Å². The fourth-order valence-electron chi connectivity index (χ4n) is 2.58. The van der Waals surface area contributed by atoms with Gasteiger partial charge < -0.3 is 10.2 Å². The van der Waals surface area contributed by atoms with Gasteiger partial charge in [-0.2, -0.15) is 0 Å². The number of hydrogen-bond acceptors (Lipinski definition) is 4. The lowest BCUT2D eigenvalue weighted by molar-refractivity contribution is 0.418. The van der Waals surface area contributed by atoms with Crippen LogP contribution < -0.4 is 10.2 Å². The first-order valence-corrected chi connectivity index (χ1v) is 7.18. The van der Waals surface area contributed by atoms with Crippen LogP contribution in [-0.4, -0.2) is 30.1 Å². The lowest BCUT2D eigenvalue weighted by Crippen LogP contribution is -2.26. The zero-order valence-electron chi connectivity index (χ0n) is 12.8. The van der Waals surface area contributed by atoms with Crippen LogP contribution in [-0.2, 0) is 6.54 Å². The van der Waals surface area contributed by atoms with Gasteiger partial charge in [0.25, 0.3) is 0 Å². The summed E-state index contributed by atoms with van der Waals surface area (Å²) in [6, 6.07) is 0. The summed E-state index contributed by atoms with van der Waals surface area (Å²) in [5.41, 5.74) is 2.72. The van der Waals surface area contributed by atoms with Crippen LogP contribution in [0.15, 0.2) is 6.20 Å². The van der Waals surface area contributed by atoms with Gasteiger partial charge in [-0.3, -0.25) is 0 Å². The minimum atomic E-state index is 0.375. The molecule has 0 radical (unpaired) electrons. The van der Waals surface area contributed by atoms with Crippen LogP contribution in [0, 0.1) is 5.41 Å². The molecule has 1 aliphatic rings. The van der Waals surface area contributed by atoms with Crippen molar-refractivity contribution in [3.8, 4) is 0 Å². The summed E-state index contributed by atoms with van der Waals surface area (Å²) >= 11 is 0. The molecule has 1 aromatic heterocycles. The molecule has 0 aliphatic carbocycles. The zero-order valence-corrected chi connectivity index (χ0v) is 12.8. The molecule has 0 aromatic carbocycles. The van der Waals surface area contributed by atoms with E-state index in [0.717, 1.165) is 31.2 Å². The minimum Gasteiger partial charge on any atom is -0.368 e. The van der Waals surface area contributed by atoms with Crippen LogP contribution >= 0.6 is 0 Å². The molecule has 1 fully saturated rings. The molecule has 0 saturated carbocycles. The van der Waals surface area contributed by atoms with Crippen LogP contribution in [0.3, 0.4) is 0 Å². The summed E-state index contributed by atoms with van der Waals surface area (Å²) in [7, 11) is 1.97. The number of aromatic nitrogens is 2. The first kappa shape index (κ1) is 14.3. The molecule has 1 saturated heterocycles. The molecule has 19 heavy (non-hydrogen) atoms. The van der Waals surface area contributed by atoms with Gasteiger partial charge in [-0.25, -0.2) is 9.97 Å². The fraction of sp³-hybridized carbons (Fsp3) is 0.733. The first-order valence-electron chi connectivity index (χ1n) is 7.18. The Hall–Kier alpha value is -1.16. The largest absolute Gasteiger partial charge is 0.368 e. The molecule has 0 spiro atoms. The molecular weight excluding hydrogens is 236 g/mol. The van der Waals surface area contributed by atoms with Crippen molar-refractivity contribution in [2.24, 2.45) is 5.41 Å². The second-order valence-corrected chi connectivity index (χ2v) is 6.58. The van der Waals surface area contributed by atoms with Gasteiger partial charge in [-0.15, -0.1) is 0 Å². The molecule has 2 heterocycles. The van der Waals surface area contributed by atoms with Crippen LogP contribution in [0.4, 0.5) is 5.69 Å². The number of rotatable bonds is 4. The van der Waals surface area contributed by atoms with Crippen LogP contribution in [0.5, 0.6) is 0 Å². The second kappa shape index (κ2) is 5.45. The van der Waals surface area contributed by atoms with E-state index in [-0.39, 0.29) is 0 Å². The number of nitrogens with one attached hydrogen (secondary N) is 1. The summed E-state index contributed by atoms with van der Waals surface area (Å²) in [5, 5.41) is 3.22. The third-order valence-corrected chi connectivity index (χ3v) is 3.74. The van der Waals surface area contributed by atoms with Gasteiger partial charge in [0.05, 0.1) is 17.6 Å². The molecule has 4 heteroatoms. The Labute approximate surface area is 116 Å². The van der Waals surface area contributed by atoms with E-state index in [4.69, 9.17) is 4.98 Å². The Kier molecular flexibility index (Phi) is 4.09. The summed E-state index contributed by atoms with van der Waals surface area (Å²) < 4.78 is 0. The Morgan fingerprint density at radius 1 is 1.42 bits per heavy atom. The second-order valence-electron chi connectivity index (χ2n) is 6.58. The van der Waals surface area contributed by atoms with Gasteiger partial charge in [-0.05, 0) is 18.9 Å². The SMILES string of the molecule is CNCc1nc(C(C)C)ncc1N1CCC(C)(C)C1. The minimum absolute atomic E-state index is 0.375. The standard InChI is InChI=1S/C15H26N4/c1-11(2)14-17-9-13(12(18-14)8-16-5)19-7-6-15(3,4)10-19/h9,11,16H,6-8,10H2,1-5H3. The number of hydrogen-bond donors (Lipinski definition) is 1. The van der Waals surface area contributed by atoms with Crippen molar-refractivity contribution in [3.63, 3.8) is 0 Å². The number of anilines is 1. The third-order valence-electron chi connectivity index (χ3n) is 3.74. The highest BCUT2D eigenvalue weighted by atomic mass is 15.2. The van der Waals surface area contributed by atoms with Gasteiger partial charge in [0.2, 0.25) is 0 Å². The maximum Gasteiger partial charge on any atom is 0.131 e. The van der Waals surface area contributed by atoms with Gasteiger partial charge in [0.15, 0.2) is 0 Å². The molecule has 0 atom stereocenters. The zero-order chi connectivity index (χ0) is 14.0. The number of nitrogens with zero attached hydrogens (tertiary/aromatic N) is 3. The normalized spacial score (nSPS) is 18.3. The molecule has 1 aliphatic heterocycles. The van der Waals surface area contributed by atoms with E-state index in [1.54, 1.807) is 0 Å². The average molecular weight is 262 g/mol. The summed E-state index contributed by atoms with van der Waals surface area (Å²) in [5.74, 6) is 1.31. The van der Waals surface area contributed by atoms with E-state index in [1.165, 1.54) is 12.1 Å². The maximum atomic E-state index is 4.74. The van der Waals surface area contributed by atoms with Crippen molar-refractivity contribution in [2.75, 3.05) is 25.0 Å². The molecule has 1 aromatic rings. The van der Waals surface area contributed by atoms with Crippen molar-refractivity contribution in [1.82, 2.24) is 15.3 Å². The third kappa shape index (κ3) is 3.24. The van der Waals surface area contributed by atoms with Crippen molar-refractivity contribution < 1.29 is 0 Å². The first-order chi connectivity index (χ1) is 8.93. The quantitative estimate of drug-likeness (QED) is 0.905. The average Bonchev–Trinajstić information content (AvgIpc) is 2.70. The Bertz CT molecular complexity index is 440. The van der Waals surface area contributed by atoms with E-state index in [1.807, 2.05) is 13.2 Å². The predicted octanol–water partition coefficient (Wildman–Crippen LogP) is 2.56. The van der Waals surface area contributed by atoms with Crippen LogP contribution in [0.1, 0.15) is 51.6 Å².